The van der Waals surface area contributed by atoms with Crippen molar-refractivity contribution in [3.63, 3.8) is 0 Å². The molecule has 0 aromatic carbocycles. The van der Waals surface area contributed by atoms with Crippen LogP contribution in [-0.4, -0.2) is 36.7 Å². The van der Waals surface area contributed by atoms with Gasteiger partial charge in [-0.25, -0.2) is 5.87 Å². The third kappa shape index (κ3) is 11.0. The molecule has 0 fully saturated rings. The minimum atomic E-state index is -0.562. The van der Waals surface area contributed by atoms with E-state index in [0.717, 1.165) is 0 Å². The Balaban J connectivity index is 0.000000620. The van der Waals surface area contributed by atoms with Gasteiger partial charge in [0.2, 0.25) is 0 Å². The van der Waals surface area contributed by atoms with Crippen LogP contribution >= 0.6 is 7.26 Å². The predicted molar refractivity (Wildman–Crippen MR) is 116 cm³/mol. The van der Waals surface area contributed by atoms with Gasteiger partial charge in [0.1, 0.15) is 0 Å². The molecular formula is C21H39N2P. The molecule has 1 aliphatic heterocycles. The third-order valence-corrected chi connectivity index (χ3v) is 9.67. The fraction of sp³-hybridized carbons (Fsp3) is 0.762. The minimum Gasteiger partial charge on any atom is -0.761 e. The zero-order chi connectivity index (χ0) is 18.1. The van der Waals surface area contributed by atoms with Gasteiger partial charge in [0.05, 0.1) is 30.3 Å². The maximum atomic E-state index is 8.11. The van der Waals surface area contributed by atoms with Crippen molar-refractivity contribution in [3.8, 4) is 0 Å². The fourth-order valence-electron chi connectivity index (χ4n) is 3.01. The lowest BCUT2D eigenvalue weighted by molar-refractivity contribution is 0.814. The first-order valence-corrected chi connectivity index (χ1v) is 12.5. The van der Waals surface area contributed by atoms with Gasteiger partial charge in [0.25, 0.3) is 0 Å². The highest BCUT2D eigenvalue weighted by Crippen LogP contribution is 2.61. The molecule has 0 saturated heterocycles. The lowest BCUT2D eigenvalue weighted by Gasteiger charge is -2.28. The Morgan fingerprint density at radius 1 is 0.833 bits per heavy atom. The van der Waals surface area contributed by atoms with Crippen molar-refractivity contribution in [1.82, 2.24) is 0 Å². The van der Waals surface area contributed by atoms with Gasteiger partial charge in [-0.3, -0.25) is 4.99 Å². The summed E-state index contributed by atoms with van der Waals surface area (Å²) in [4.78, 5) is 3.67. The average Bonchev–Trinajstić information content (AvgIpc) is 3.15. The quantitative estimate of drug-likeness (QED) is 0.269. The molecule has 0 unspecified atom stereocenters. The number of hydrogen-bond acceptors (Lipinski definition) is 1. The Morgan fingerprint density at radius 3 is 1.46 bits per heavy atom. The molecule has 3 heteroatoms. The highest BCUT2D eigenvalue weighted by Gasteiger charge is 2.34. The highest BCUT2D eigenvalue weighted by molar-refractivity contribution is 7.75. The van der Waals surface area contributed by atoms with Crippen molar-refractivity contribution < 1.29 is 0 Å². The Bertz CT molecular complexity index is 355. The molecule has 1 heterocycles. The van der Waals surface area contributed by atoms with E-state index in [1.165, 1.54) is 51.4 Å². The summed E-state index contributed by atoms with van der Waals surface area (Å²) in [5.41, 5.74) is 0.486. The van der Waals surface area contributed by atoms with Gasteiger partial charge in [-0.2, -0.15) is 0 Å². The maximum absolute atomic E-state index is 8.11. The molecule has 1 aliphatic rings. The van der Waals surface area contributed by atoms with Crippen LogP contribution in [0.3, 0.4) is 0 Å². The minimum absolute atomic E-state index is 0.486. The fourth-order valence-corrected chi connectivity index (χ4v) is 8.30. The van der Waals surface area contributed by atoms with Crippen LogP contribution in [0.4, 0.5) is 0 Å². The highest BCUT2D eigenvalue weighted by atomic mass is 31.2. The molecule has 0 bridgehead atoms. The van der Waals surface area contributed by atoms with Crippen LogP contribution < -0.4 is 0 Å². The van der Waals surface area contributed by atoms with Crippen LogP contribution in [-0.2, 0) is 0 Å². The summed E-state index contributed by atoms with van der Waals surface area (Å²) in [6, 6.07) is 0. The third-order valence-electron chi connectivity index (χ3n) is 4.61. The molecule has 0 amide bonds. The number of aliphatic imine (C=N–C) groups is 1. The Hall–Kier alpha value is -0.710. The van der Waals surface area contributed by atoms with Crippen molar-refractivity contribution in [2.75, 3.05) is 24.6 Å². The normalized spacial score (nSPS) is 12.9. The second-order valence-corrected chi connectivity index (χ2v) is 11.3. The van der Waals surface area contributed by atoms with Gasteiger partial charge in [-0.05, 0) is 37.8 Å². The lowest BCUT2D eigenvalue weighted by Crippen LogP contribution is -2.12. The lowest BCUT2D eigenvalue weighted by atomic mass is 10.4. The first-order chi connectivity index (χ1) is 11.7. The number of unbranched alkanes of at least 4 members (excludes halogenated alkanes) is 4. The van der Waals surface area contributed by atoms with Crippen LogP contribution in [0.15, 0.2) is 22.8 Å². The molecule has 0 N–H and O–H groups in total. The van der Waals surface area contributed by atoms with Crippen molar-refractivity contribution >= 4 is 19.3 Å². The molecule has 24 heavy (non-hydrogen) atoms. The van der Waals surface area contributed by atoms with E-state index < -0.39 is 7.26 Å². The van der Waals surface area contributed by atoms with Crippen molar-refractivity contribution in [1.29, 1.82) is 0 Å². The smallest absolute Gasteiger partial charge is 0.0818 e. The maximum Gasteiger partial charge on any atom is 0.0818 e. The average molecular weight is 351 g/mol. The van der Waals surface area contributed by atoms with E-state index in [9.17, 15) is 0 Å². The SMILES string of the molecule is CCCC[P+](CCCC)(CCCC)CCCC.[N-]=C=C1C=CC=N1. The summed E-state index contributed by atoms with van der Waals surface area (Å²) < 4.78 is 0. The molecule has 0 aromatic heterocycles. The second kappa shape index (κ2) is 15.8. The van der Waals surface area contributed by atoms with E-state index in [-0.39, 0.29) is 0 Å². The van der Waals surface area contributed by atoms with Gasteiger partial charge >= 0.3 is 0 Å². The van der Waals surface area contributed by atoms with Crippen LogP contribution in [0.1, 0.15) is 79.1 Å². The summed E-state index contributed by atoms with van der Waals surface area (Å²) in [7, 11) is -0.562. The number of rotatable bonds is 12. The molecule has 0 aliphatic carbocycles. The molecule has 0 atom stereocenters. The predicted octanol–water partition coefficient (Wildman–Crippen LogP) is 6.95. The van der Waals surface area contributed by atoms with Crippen LogP contribution in [0.25, 0.3) is 5.41 Å². The van der Waals surface area contributed by atoms with E-state index in [1.54, 1.807) is 43.0 Å². The van der Waals surface area contributed by atoms with E-state index in [2.05, 4.69) is 32.7 Å². The topological polar surface area (TPSA) is 34.7 Å². The molecular weight excluding hydrogens is 311 g/mol. The van der Waals surface area contributed by atoms with E-state index >= 15 is 0 Å². The van der Waals surface area contributed by atoms with E-state index in [4.69, 9.17) is 5.41 Å². The molecule has 1 rings (SSSR count). The number of hydrogen-bond donors (Lipinski definition) is 0. The zero-order valence-electron chi connectivity index (χ0n) is 16.6. The van der Waals surface area contributed by atoms with Gasteiger partial charge in [-0.1, -0.05) is 53.4 Å². The second-order valence-electron chi connectivity index (χ2n) is 6.78. The molecule has 2 nitrogen and oxygen atoms in total. The summed E-state index contributed by atoms with van der Waals surface area (Å²) in [6.45, 7) is 9.42. The van der Waals surface area contributed by atoms with Crippen molar-refractivity contribution in [2.45, 2.75) is 79.1 Å². The first-order valence-electron chi connectivity index (χ1n) is 10.0. The van der Waals surface area contributed by atoms with E-state index in [1.807, 2.05) is 5.87 Å². The van der Waals surface area contributed by atoms with Crippen molar-refractivity contribution in [2.24, 2.45) is 4.99 Å². The van der Waals surface area contributed by atoms with Crippen LogP contribution in [0, 0.1) is 0 Å². The van der Waals surface area contributed by atoms with Gasteiger partial charge < -0.3 is 5.41 Å². The van der Waals surface area contributed by atoms with E-state index in [0.29, 0.717) is 5.70 Å². The summed E-state index contributed by atoms with van der Waals surface area (Å²) >= 11 is 0. The van der Waals surface area contributed by atoms with Gasteiger partial charge in [-0.15, -0.1) is 0 Å². The first kappa shape index (κ1) is 23.3. The van der Waals surface area contributed by atoms with Gasteiger partial charge in [0.15, 0.2) is 0 Å². The largest absolute Gasteiger partial charge is 0.761 e. The molecule has 0 spiro atoms. The number of allylic oxidation sites excluding steroid dienone is 2. The Morgan fingerprint density at radius 2 is 1.25 bits per heavy atom. The molecule has 138 valence electrons. The standard InChI is InChI=1S/C16H36P.C5H3N2/c1-5-9-13-17(14-10-6-2,15-11-7-3)16-12-8-4;6-4-5-2-1-3-7-5/h5-16H2,1-4H3;1-3H/q+1;-1. The van der Waals surface area contributed by atoms with Crippen LogP contribution in [0.2, 0.25) is 0 Å². The zero-order valence-corrected chi connectivity index (χ0v) is 17.5. The Kier molecular flexibility index (Phi) is 15.3. The molecule has 0 saturated carbocycles. The molecule has 0 radical (unpaired) electrons. The number of nitrogens with zero attached hydrogens (tertiary/aromatic N) is 2. The van der Waals surface area contributed by atoms with Gasteiger partial charge in [0, 0.05) is 13.5 Å². The summed E-state index contributed by atoms with van der Waals surface area (Å²) in [5.74, 6) is 1.90. The summed E-state index contributed by atoms with van der Waals surface area (Å²) in [5, 5.41) is 8.11. The monoisotopic (exact) mass is 350 g/mol. The summed E-state index contributed by atoms with van der Waals surface area (Å²) in [6.07, 6.45) is 22.9. The van der Waals surface area contributed by atoms with Crippen molar-refractivity contribution in [3.05, 3.63) is 23.3 Å². The Labute approximate surface area is 151 Å². The molecule has 0 aromatic rings. The van der Waals surface area contributed by atoms with Crippen LogP contribution in [0.5, 0.6) is 0 Å².